The molecule has 0 unspecified atom stereocenters. The van der Waals surface area contributed by atoms with E-state index in [1.54, 1.807) is 18.2 Å². The highest BCUT2D eigenvalue weighted by Gasteiger charge is 2.32. The van der Waals surface area contributed by atoms with Gasteiger partial charge in [0, 0.05) is 5.56 Å². The molecule has 3 rings (SSSR count). The van der Waals surface area contributed by atoms with Gasteiger partial charge in [0.05, 0.1) is 27.0 Å². The normalized spacial score (nSPS) is 15.1. The van der Waals surface area contributed by atoms with Gasteiger partial charge in [-0.25, -0.2) is 4.39 Å². The summed E-state index contributed by atoms with van der Waals surface area (Å²) in [5.74, 6) is 0.590. The summed E-state index contributed by atoms with van der Waals surface area (Å²) in [6, 6.07) is 8.96. The molecule has 1 aliphatic heterocycles. The van der Waals surface area contributed by atoms with Crippen molar-refractivity contribution in [1.82, 2.24) is 5.32 Å². The van der Waals surface area contributed by atoms with Crippen LogP contribution in [0.4, 0.5) is 10.1 Å². The molecular formula is C19H17FN2O4S. The molecule has 0 radical (unpaired) electrons. The third kappa shape index (κ3) is 3.43. The molecule has 0 spiro atoms. The minimum absolute atomic E-state index is 0.206. The lowest BCUT2D eigenvalue weighted by molar-refractivity contribution is -0.113. The summed E-state index contributed by atoms with van der Waals surface area (Å²) >= 11 is 5.26. The lowest BCUT2D eigenvalue weighted by atomic mass is 10.1. The third-order valence-corrected chi connectivity index (χ3v) is 4.28. The molecule has 0 saturated carbocycles. The minimum atomic E-state index is -0.393. The number of amides is 1. The summed E-state index contributed by atoms with van der Waals surface area (Å²) in [6.07, 6.45) is 1.61. The molecule has 1 aliphatic rings. The largest absolute Gasteiger partial charge is 0.493 e. The number of carbonyl (C=O) groups excluding carboxylic acids is 1. The van der Waals surface area contributed by atoms with Crippen LogP contribution >= 0.6 is 12.2 Å². The number of hydrogen-bond donors (Lipinski definition) is 1. The fourth-order valence-corrected chi connectivity index (χ4v) is 3.05. The molecule has 0 aliphatic carbocycles. The van der Waals surface area contributed by atoms with Crippen molar-refractivity contribution in [3.63, 3.8) is 0 Å². The van der Waals surface area contributed by atoms with E-state index >= 15 is 0 Å². The van der Waals surface area contributed by atoms with Crippen molar-refractivity contribution in [2.75, 3.05) is 26.2 Å². The van der Waals surface area contributed by atoms with E-state index in [-0.39, 0.29) is 16.7 Å². The fourth-order valence-electron chi connectivity index (χ4n) is 2.75. The van der Waals surface area contributed by atoms with E-state index in [2.05, 4.69) is 5.32 Å². The van der Waals surface area contributed by atoms with Crippen LogP contribution in [0.1, 0.15) is 5.56 Å². The Balaban J connectivity index is 2.00. The number of hydrogen-bond acceptors (Lipinski definition) is 5. The van der Waals surface area contributed by atoms with E-state index in [4.69, 9.17) is 26.4 Å². The van der Waals surface area contributed by atoms with Crippen LogP contribution in [0.5, 0.6) is 17.2 Å². The fraction of sp³-hybridized carbons (Fsp3) is 0.158. The maximum absolute atomic E-state index is 13.1. The van der Waals surface area contributed by atoms with Gasteiger partial charge in [0.15, 0.2) is 16.6 Å². The highest BCUT2D eigenvalue weighted by Crippen LogP contribution is 2.40. The van der Waals surface area contributed by atoms with Crippen molar-refractivity contribution < 1.29 is 23.4 Å². The van der Waals surface area contributed by atoms with Crippen LogP contribution in [-0.4, -0.2) is 32.3 Å². The maximum Gasteiger partial charge on any atom is 0.281 e. The van der Waals surface area contributed by atoms with E-state index in [0.29, 0.717) is 28.5 Å². The zero-order chi connectivity index (χ0) is 19.6. The summed E-state index contributed by atoms with van der Waals surface area (Å²) in [5.41, 5.74) is 1.34. The van der Waals surface area contributed by atoms with Crippen LogP contribution < -0.4 is 24.4 Å². The Morgan fingerprint density at radius 3 is 2.26 bits per heavy atom. The smallest absolute Gasteiger partial charge is 0.281 e. The second kappa shape index (κ2) is 7.63. The Labute approximate surface area is 161 Å². The molecule has 0 bridgehead atoms. The van der Waals surface area contributed by atoms with Crippen LogP contribution in [0.2, 0.25) is 0 Å². The van der Waals surface area contributed by atoms with Gasteiger partial charge in [0.2, 0.25) is 5.75 Å². The van der Waals surface area contributed by atoms with Crippen LogP contribution in [0.15, 0.2) is 42.1 Å². The van der Waals surface area contributed by atoms with E-state index in [1.807, 2.05) is 0 Å². The number of methoxy groups -OCH3 is 3. The molecule has 1 fully saturated rings. The topological polar surface area (TPSA) is 60.0 Å². The van der Waals surface area contributed by atoms with E-state index in [0.717, 1.165) is 0 Å². The SMILES string of the molecule is COc1ccc(/C=C2/NC(=S)N(c3ccc(F)cc3)C2=O)c(OC)c1OC. The van der Waals surface area contributed by atoms with Gasteiger partial charge < -0.3 is 19.5 Å². The van der Waals surface area contributed by atoms with Crippen molar-refractivity contribution in [1.29, 1.82) is 0 Å². The number of carbonyl (C=O) groups is 1. The molecule has 2 aromatic carbocycles. The van der Waals surface area contributed by atoms with Gasteiger partial charge in [-0.05, 0) is 54.7 Å². The average Bonchev–Trinajstić information content (AvgIpc) is 2.95. The number of halogens is 1. The number of thiocarbonyl (C=S) groups is 1. The Bertz CT molecular complexity index is 928. The summed E-state index contributed by atoms with van der Waals surface area (Å²) < 4.78 is 29.2. The number of rotatable bonds is 5. The van der Waals surface area contributed by atoms with Crippen molar-refractivity contribution in [3.8, 4) is 17.2 Å². The molecule has 6 nitrogen and oxygen atoms in total. The molecule has 1 heterocycles. The van der Waals surface area contributed by atoms with Gasteiger partial charge in [-0.15, -0.1) is 0 Å². The molecule has 1 amide bonds. The Kier molecular flexibility index (Phi) is 5.27. The van der Waals surface area contributed by atoms with Gasteiger partial charge in [-0.1, -0.05) is 0 Å². The zero-order valence-electron chi connectivity index (χ0n) is 14.9. The second-order valence-corrected chi connectivity index (χ2v) is 5.92. The van der Waals surface area contributed by atoms with Gasteiger partial charge in [0.1, 0.15) is 11.5 Å². The Morgan fingerprint density at radius 1 is 1.00 bits per heavy atom. The quantitative estimate of drug-likeness (QED) is 0.627. The summed E-state index contributed by atoms with van der Waals surface area (Å²) in [7, 11) is 4.52. The lowest BCUT2D eigenvalue weighted by Crippen LogP contribution is -2.30. The zero-order valence-corrected chi connectivity index (χ0v) is 15.7. The van der Waals surface area contributed by atoms with Crippen LogP contribution in [0.3, 0.4) is 0 Å². The number of nitrogens with one attached hydrogen (secondary N) is 1. The van der Waals surface area contributed by atoms with Crippen molar-refractivity contribution in [3.05, 3.63) is 53.5 Å². The van der Waals surface area contributed by atoms with Gasteiger partial charge >= 0.3 is 0 Å². The highest BCUT2D eigenvalue weighted by molar-refractivity contribution is 7.80. The second-order valence-electron chi connectivity index (χ2n) is 5.53. The van der Waals surface area contributed by atoms with Crippen LogP contribution in [0, 0.1) is 5.82 Å². The first-order valence-corrected chi connectivity index (χ1v) is 8.32. The molecule has 0 atom stereocenters. The van der Waals surface area contributed by atoms with E-state index in [9.17, 15) is 9.18 Å². The Hall–Kier alpha value is -3.13. The molecule has 1 saturated heterocycles. The van der Waals surface area contributed by atoms with Crippen molar-refractivity contribution >= 4 is 35.0 Å². The molecule has 0 aromatic heterocycles. The molecule has 1 N–H and O–H groups in total. The first-order chi connectivity index (χ1) is 13.0. The molecule has 27 heavy (non-hydrogen) atoms. The molecule has 8 heteroatoms. The Morgan fingerprint density at radius 2 is 1.67 bits per heavy atom. The van der Waals surface area contributed by atoms with E-state index in [1.165, 1.54) is 50.5 Å². The summed E-state index contributed by atoms with van der Waals surface area (Å²) in [6.45, 7) is 0. The molecule has 140 valence electrons. The highest BCUT2D eigenvalue weighted by atomic mass is 32.1. The van der Waals surface area contributed by atoms with Gasteiger partial charge in [-0.2, -0.15) is 0 Å². The average molecular weight is 388 g/mol. The number of benzene rings is 2. The maximum atomic E-state index is 13.1. The summed E-state index contributed by atoms with van der Waals surface area (Å²) in [5, 5.41) is 3.09. The lowest BCUT2D eigenvalue weighted by Gasteiger charge is -2.14. The monoisotopic (exact) mass is 388 g/mol. The predicted octanol–water partition coefficient (Wildman–Crippen LogP) is 3.11. The summed E-state index contributed by atoms with van der Waals surface area (Å²) in [4.78, 5) is 14.1. The van der Waals surface area contributed by atoms with Crippen molar-refractivity contribution in [2.45, 2.75) is 0 Å². The molecule has 2 aromatic rings. The van der Waals surface area contributed by atoms with Gasteiger partial charge in [0.25, 0.3) is 5.91 Å². The number of ether oxygens (including phenoxy) is 3. The minimum Gasteiger partial charge on any atom is -0.493 e. The van der Waals surface area contributed by atoms with Crippen LogP contribution in [-0.2, 0) is 4.79 Å². The van der Waals surface area contributed by atoms with Crippen LogP contribution in [0.25, 0.3) is 6.08 Å². The first-order valence-electron chi connectivity index (χ1n) is 7.91. The van der Waals surface area contributed by atoms with Crippen molar-refractivity contribution in [2.24, 2.45) is 0 Å². The number of anilines is 1. The number of nitrogens with zero attached hydrogens (tertiary/aromatic N) is 1. The molecular weight excluding hydrogens is 371 g/mol. The van der Waals surface area contributed by atoms with E-state index < -0.39 is 5.82 Å². The van der Waals surface area contributed by atoms with Gasteiger partial charge in [-0.3, -0.25) is 9.69 Å². The predicted molar refractivity (Wildman–Crippen MR) is 104 cm³/mol. The first kappa shape index (κ1) is 18.7. The standard InChI is InChI=1S/C19H17FN2O4S/c1-24-15-9-4-11(16(25-2)17(15)26-3)10-14-18(23)22(19(27)21-14)13-7-5-12(20)6-8-13/h4-10H,1-3H3,(H,21,27)/b14-10+. The third-order valence-electron chi connectivity index (χ3n) is 4.00.